The largest absolute Gasteiger partial charge is 0.387 e. The maximum absolute atomic E-state index is 10.3. The number of ketones is 1. The number of allylic oxidation sites excluding steroid dienone is 1. The van der Waals surface area contributed by atoms with Crippen molar-refractivity contribution >= 4 is 5.78 Å². The highest BCUT2D eigenvalue weighted by atomic mass is 16.1. The van der Waals surface area contributed by atoms with Crippen LogP contribution >= 0.6 is 0 Å². The van der Waals surface area contributed by atoms with E-state index < -0.39 is 0 Å². The van der Waals surface area contributed by atoms with Gasteiger partial charge in [-0.05, 0) is 13.0 Å². The van der Waals surface area contributed by atoms with Gasteiger partial charge in [-0.25, -0.2) is 0 Å². The van der Waals surface area contributed by atoms with Crippen LogP contribution in [0.25, 0.3) is 0 Å². The van der Waals surface area contributed by atoms with Gasteiger partial charge >= 0.3 is 0 Å². The maximum Gasteiger partial charge on any atom is 0.154 e. The van der Waals surface area contributed by atoms with E-state index in [2.05, 4.69) is 11.9 Å². The van der Waals surface area contributed by atoms with E-state index in [1.807, 2.05) is 0 Å². The normalized spacial score (nSPS) is 9.44. The van der Waals surface area contributed by atoms with Crippen molar-refractivity contribution in [3.8, 4) is 0 Å². The van der Waals surface area contributed by atoms with Crippen LogP contribution in [0.3, 0.4) is 0 Å². The molecule has 0 aromatic heterocycles. The van der Waals surface area contributed by atoms with Crippen LogP contribution in [-0.4, -0.2) is 12.3 Å². The number of rotatable bonds is 4. The highest BCUT2D eigenvalue weighted by Crippen LogP contribution is 1.70. The molecule has 0 saturated heterocycles. The number of hydrogen-bond acceptors (Lipinski definition) is 2. The van der Waals surface area contributed by atoms with Crippen molar-refractivity contribution in [1.82, 2.24) is 5.32 Å². The van der Waals surface area contributed by atoms with Gasteiger partial charge in [-0.2, -0.15) is 0 Å². The van der Waals surface area contributed by atoms with Gasteiger partial charge in [-0.15, -0.1) is 6.58 Å². The summed E-state index contributed by atoms with van der Waals surface area (Å²) >= 11 is 0. The molecule has 0 aromatic rings. The fourth-order valence-corrected chi connectivity index (χ4v) is 0.328. The average Bonchev–Trinajstić information content (AvgIpc) is 1.80. The third-order valence-corrected chi connectivity index (χ3v) is 0.698. The van der Waals surface area contributed by atoms with Crippen LogP contribution in [0.1, 0.15) is 6.92 Å². The number of carbonyl (C=O) groups excluding carboxylic acids is 1. The first-order chi connectivity index (χ1) is 4.27. The van der Waals surface area contributed by atoms with Gasteiger partial charge in [0.1, 0.15) is 0 Å². The Bertz CT molecular complexity index is 127. The summed E-state index contributed by atoms with van der Waals surface area (Å²) in [6, 6.07) is 0. The van der Waals surface area contributed by atoms with Crippen LogP contribution in [0.4, 0.5) is 0 Å². The van der Waals surface area contributed by atoms with Crippen molar-refractivity contribution < 1.29 is 4.79 Å². The van der Waals surface area contributed by atoms with Gasteiger partial charge in [0.05, 0.1) is 0 Å². The molecule has 0 aromatic carbocycles. The quantitative estimate of drug-likeness (QED) is 0.343. The van der Waals surface area contributed by atoms with Crippen molar-refractivity contribution in [3.63, 3.8) is 0 Å². The zero-order valence-electron chi connectivity index (χ0n) is 5.55. The standard InChI is InChI=1S/C7H11NO/c1-3-5-8-6-4-7(2)9/h3-4,6,8H,1,5H2,2H3/b6-4+. The molecular formula is C7H11NO. The summed E-state index contributed by atoms with van der Waals surface area (Å²) in [6.07, 6.45) is 4.82. The Morgan fingerprint density at radius 1 is 1.78 bits per heavy atom. The highest BCUT2D eigenvalue weighted by molar-refractivity contribution is 5.87. The summed E-state index contributed by atoms with van der Waals surface area (Å²) in [6.45, 7) is 5.70. The van der Waals surface area contributed by atoms with Crippen LogP contribution in [0, 0.1) is 0 Å². The number of nitrogens with one attached hydrogen (secondary N) is 1. The topological polar surface area (TPSA) is 29.1 Å². The van der Waals surface area contributed by atoms with E-state index in [1.54, 1.807) is 12.3 Å². The third kappa shape index (κ3) is 6.95. The Hall–Kier alpha value is -1.05. The molecule has 2 heteroatoms. The molecule has 0 saturated carbocycles. The summed E-state index contributed by atoms with van der Waals surface area (Å²) < 4.78 is 0. The second-order valence-corrected chi connectivity index (χ2v) is 1.64. The lowest BCUT2D eigenvalue weighted by molar-refractivity contribution is -0.112. The first-order valence-corrected chi connectivity index (χ1v) is 2.78. The molecule has 0 bridgehead atoms. The van der Waals surface area contributed by atoms with Crippen molar-refractivity contribution in [2.75, 3.05) is 6.54 Å². The van der Waals surface area contributed by atoms with Crippen LogP contribution in [-0.2, 0) is 4.79 Å². The Labute approximate surface area is 55.3 Å². The van der Waals surface area contributed by atoms with E-state index >= 15 is 0 Å². The Kier molecular flexibility index (Phi) is 4.50. The average molecular weight is 125 g/mol. The van der Waals surface area contributed by atoms with Gasteiger partial charge in [-0.3, -0.25) is 4.79 Å². The fourth-order valence-electron chi connectivity index (χ4n) is 0.328. The summed E-state index contributed by atoms with van der Waals surface area (Å²) in [5, 5.41) is 2.85. The Morgan fingerprint density at radius 2 is 2.44 bits per heavy atom. The molecule has 0 aliphatic heterocycles. The van der Waals surface area contributed by atoms with Crippen LogP contribution in [0.15, 0.2) is 24.9 Å². The molecular weight excluding hydrogens is 114 g/mol. The zero-order chi connectivity index (χ0) is 7.11. The molecule has 1 N–H and O–H groups in total. The minimum Gasteiger partial charge on any atom is -0.387 e. The molecule has 0 heterocycles. The minimum absolute atomic E-state index is 0.0477. The number of hydrogen-bond donors (Lipinski definition) is 1. The van der Waals surface area contributed by atoms with Gasteiger partial charge in [0.2, 0.25) is 0 Å². The van der Waals surface area contributed by atoms with Crippen LogP contribution < -0.4 is 5.32 Å². The van der Waals surface area contributed by atoms with Crippen LogP contribution in [0.5, 0.6) is 0 Å². The SMILES string of the molecule is C=CCN/C=C/C(C)=O. The van der Waals surface area contributed by atoms with Crippen molar-refractivity contribution in [1.29, 1.82) is 0 Å². The third-order valence-electron chi connectivity index (χ3n) is 0.698. The zero-order valence-corrected chi connectivity index (χ0v) is 5.55. The fraction of sp³-hybridized carbons (Fsp3) is 0.286. The van der Waals surface area contributed by atoms with Crippen molar-refractivity contribution in [3.05, 3.63) is 24.9 Å². The van der Waals surface area contributed by atoms with Crippen molar-refractivity contribution in [2.45, 2.75) is 6.92 Å². The predicted octanol–water partition coefficient (Wildman–Crippen LogP) is 0.865. The molecule has 0 unspecified atom stereocenters. The molecule has 0 radical (unpaired) electrons. The lowest BCUT2D eigenvalue weighted by atomic mass is 10.4. The lowest BCUT2D eigenvalue weighted by Gasteiger charge is -1.89. The van der Waals surface area contributed by atoms with Gasteiger partial charge in [0.15, 0.2) is 5.78 Å². The van der Waals surface area contributed by atoms with Gasteiger partial charge in [0.25, 0.3) is 0 Å². The highest BCUT2D eigenvalue weighted by Gasteiger charge is 1.77. The van der Waals surface area contributed by atoms with E-state index in [0.717, 1.165) is 0 Å². The van der Waals surface area contributed by atoms with Gasteiger partial charge in [0, 0.05) is 12.7 Å². The molecule has 0 amide bonds. The summed E-state index contributed by atoms with van der Waals surface area (Å²) in [5.41, 5.74) is 0. The molecule has 0 aliphatic carbocycles. The molecule has 0 aliphatic rings. The van der Waals surface area contributed by atoms with Crippen molar-refractivity contribution in [2.24, 2.45) is 0 Å². The van der Waals surface area contributed by atoms with Gasteiger partial charge < -0.3 is 5.32 Å². The summed E-state index contributed by atoms with van der Waals surface area (Å²) in [4.78, 5) is 10.3. The Morgan fingerprint density at radius 3 is 2.89 bits per heavy atom. The molecule has 50 valence electrons. The molecule has 0 spiro atoms. The molecule has 0 fully saturated rings. The summed E-state index contributed by atoms with van der Waals surface area (Å²) in [7, 11) is 0. The molecule has 2 nitrogen and oxygen atoms in total. The number of carbonyl (C=O) groups is 1. The van der Waals surface area contributed by atoms with Crippen LogP contribution in [0.2, 0.25) is 0 Å². The van der Waals surface area contributed by atoms with E-state index in [0.29, 0.717) is 6.54 Å². The monoisotopic (exact) mass is 125 g/mol. The second kappa shape index (κ2) is 5.09. The maximum atomic E-state index is 10.3. The first kappa shape index (κ1) is 7.95. The Balaban J connectivity index is 3.24. The predicted molar refractivity (Wildman–Crippen MR) is 38.0 cm³/mol. The molecule has 0 atom stereocenters. The van der Waals surface area contributed by atoms with E-state index in [4.69, 9.17) is 0 Å². The second-order valence-electron chi connectivity index (χ2n) is 1.64. The summed E-state index contributed by atoms with van der Waals surface area (Å²) in [5.74, 6) is 0.0477. The van der Waals surface area contributed by atoms with E-state index in [9.17, 15) is 4.79 Å². The molecule has 9 heavy (non-hydrogen) atoms. The molecule has 0 rings (SSSR count). The van der Waals surface area contributed by atoms with E-state index in [-0.39, 0.29) is 5.78 Å². The minimum atomic E-state index is 0.0477. The lowest BCUT2D eigenvalue weighted by Crippen LogP contribution is -2.03. The van der Waals surface area contributed by atoms with Gasteiger partial charge in [-0.1, -0.05) is 6.08 Å². The smallest absolute Gasteiger partial charge is 0.154 e. The van der Waals surface area contributed by atoms with E-state index in [1.165, 1.54) is 13.0 Å². The first-order valence-electron chi connectivity index (χ1n) is 2.78.